The molecule has 0 N–H and O–H groups in total. The van der Waals surface area contributed by atoms with Crippen molar-refractivity contribution in [3.05, 3.63) is 24.4 Å². The van der Waals surface area contributed by atoms with Crippen molar-refractivity contribution in [2.24, 2.45) is 0 Å². The van der Waals surface area contributed by atoms with Crippen LogP contribution in [0.1, 0.15) is 13.8 Å². The van der Waals surface area contributed by atoms with Crippen LogP contribution in [0.3, 0.4) is 0 Å². The van der Waals surface area contributed by atoms with Crippen LogP contribution in [0, 0.1) is 0 Å². The van der Waals surface area contributed by atoms with Gasteiger partial charge in [-0.15, -0.1) is 0 Å². The lowest BCUT2D eigenvalue weighted by atomic mass is 10.4. The third-order valence-corrected chi connectivity index (χ3v) is 1.89. The highest BCUT2D eigenvalue weighted by Crippen LogP contribution is 2.02. The van der Waals surface area contributed by atoms with Crippen molar-refractivity contribution < 1.29 is 0 Å². The van der Waals surface area contributed by atoms with Gasteiger partial charge in [0.1, 0.15) is 0 Å². The van der Waals surface area contributed by atoms with Crippen LogP contribution in [-0.2, 0) is 0 Å². The first-order valence-corrected chi connectivity index (χ1v) is 4.23. The largest absolute Gasteiger partial charge is 0.309 e. The summed E-state index contributed by atoms with van der Waals surface area (Å²) in [5.41, 5.74) is 0. The third kappa shape index (κ3) is 2.09. The minimum atomic E-state index is 1.01. The lowest BCUT2D eigenvalue weighted by molar-refractivity contribution is 0.0432. The van der Waals surface area contributed by atoms with Gasteiger partial charge in [0.25, 0.3) is 0 Å². The number of nitrogens with zero attached hydrogens (tertiary/aromatic N) is 2. The molecule has 0 amide bonds. The Morgan fingerprint density at radius 1 is 1.27 bits per heavy atom. The monoisotopic (exact) mass is 152 g/mol. The molecule has 0 aromatic carbocycles. The molecule has 1 heterocycles. The number of hydrogen-bond donors (Lipinski definition) is 0. The van der Waals surface area contributed by atoms with Crippen molar-refractivity contribution in [3.63, 3.8) is 0 Å². The maximum atomic E-state index is 2.31. The minimum absolute atomic E-state index is 1.01. The molecule has 0 atom stereocenters. The van der Waals surface area contributed by atoms with Crippen molar-refractivity contribution in [3.8, 4) is 0 Å². The summed E-state index contributed by atoms with van der Waals surface area (Å²) in [5.74, 6) is 0. The zero-order valence-electron chi connectivity index (χ0n) is 7.33. The van der Waals surface area contributed by atoms with Crippen LogP contribution in [0.5, 0.6) is 0 Å². The zero-order chi connectivity index (χ0) is 8.10. The first-order valence-electron chi connectivity index (χ1n) is 4.23. The van der Waals surface area contributed by atoms with Crippen molar-refractivity contribution in [2.75, 3.05) is 19.6 Å². The number of rotatable bonds is 3. The van der Waals surface area contributed by atoms with Crippen LogP contribution < -0.4 is 0 Å². The van der Waals surface area contributed by atoms with E-state index in [0.29, 0.717) is 0 Å². The molecule has 1 aliphatic heterocycles. The summed E-state index contributed by atoms with van der Waals surface area (Å²) in [6, 6.07) is 0. The Bertz CT molecular complexity index is 157. The highest BCUT2D eigenvalue weighted by Gasteiger charge is 2.06. The van der Waals surface area contributed by atoms with E-state index in [4.69, 9.17) is 0 Å². The summed E-state index contributed by atoms with van der Waals surface area (Å²) in [6.07, 6.45) is 8.44. The van der Waals surface area contributed by atoms with Crippen LogP contribution in [-0.4, -0.2) is 29.7 Å². The third-order valence-electron chi connectivity index (χ3n) is 1.89. The smallest absolute Gasteiger partial charge is 0.0524 e. The molecule has 0 radical (unpaired) electrons. The van der Waals surface area contributed by atoms with Gasteiger partial charge in [0.2, 0.25) is 0 Å². The van der Waals surface area contributed by atoms with E-state index in [9.17, 15) is 0 Å². The molecule has 0 saturated heterocycles. The fourth-order valence-electron chi connectivity index (χ4n) is 1.25. The predicted molar refractivity (Wildman–Crippen MR) is 47.9 cm³/mol. The second-order valence-corrected chi connectivity index (χ2v) is 2.53. The van der Waals surface area contributed by atoms with Gasteiger partial charge in [0, 0.05) is 19.3 Å². The van der Waals surface area contributed by atoms with Crippen molar-refractivity contribution >= 4 is 0 Å². The van der Waals surface area contributed by atoms with Crippen LogP contribution in [0.15, 0.2) is 24.4 Å². The van der Waals surface area contributed by atoms with Crippen molar-refractivity contribution in [1.29, 1.82) is 0 Å². The Kier molecular flexibility index (Phi) is 3.17. The zero-order valence-corrected chi connectivity index (χ0v) is 7.33. The molecule has 1 rings (SSSR count). The van der Waals surface area contributed by atoms with Crippen molar-refractivity contribution in [2.45, 2.75) is 13.8 Å². The molecule has 2 heteroatoms. The topological polar surface area (TPSA) is 6.48 Å². The molecular weight excluding hydrogens is 136 g/mol. The highest BCUT2D eigenvalue weighted by molar-refractivity contribution is 5.07. The molecular formula is C9H16N2. The minimum Gasteiger partial charge on any atom is -0.309 e. The summed E-state index contributed by atoms with van der Waals surface area (Å²) < 4.78 is 0. The molecule has 0 unspecified atom stereocenters. The Labute approximate surface area is 68.8 Å². The van der Waals surface area contributed by atoms with Crippen LogP contribution in [0.2, 0.25) is 0 Å². The molecule has 11 heavy (non-hydrogen) atoms. The van der Waals surface area contributed by atoms with Crippen LogP contribution >= 0.6 is 0 Å². The van der Waals surface area contributed by atoms with E-state index in [1.165, 1.54) is 0 Å². The summed E-state index contributed by atoms with van der Waals surface area (Å²) in [5, 5.41) is 4.54. The van der Waals surface area contributed by atoms with Gasteiger partial charge in [-0.2, -0.15) is 0 Å². The van der Waals surface area contributed by atoms with Gasteiger partial charge in [-0.3, -0.25) is 0 Å². The summed E-state index contributed by atoms with van der Waals surface area (Å²) in [4.78, 5) is 0. The standard InChI is InChI=1S/C9H16N2/c1-3-10(4-2)11-8-6-5-7-9-11/h5-8H,3-4,9H2,1-2H3. The van der Waals surface area contributed by atoms with Gasteiger partial charge in [0.05, 0.1) is 6.54 Å². The molecule has 2 nitrogen and oxygen atoms in total. The van der Waals surface area contributed by atoms with Gasteiger partial charge in [-0.1, -0.05) is 26.0 Å². The molecule has 62 valence electrons. The lowest BCUT2D eigenvalue weighted by Gasteiger charge is -2.32. The summed E-state index contributed by atoms with van der Waals surface area (Å²) in [7, 11) is 0. The van der Waals surface area contributed by atoms with Gasteiger partial charge in [-0.05, 0) is 6.08 Å². The quantitative estimate of drug-likeness (QED) is 0.606. The molecule has 0 saturated carbocycles. The second kappa shape index (κ2) is 4.19. The second-order valence-electron chi connectivity index (χ2n) is 2.53. The molecule has 0 aliphatic carbocycles. The maximum absolute atomic E-state index is 2.31. The number of hydrogen-bond acceptors (Lipinski definition) is 2. The average molecular weight is 152 g/mol. The summed E-state index contributed by atoms with van der Waals surface area (Å²) >= 11 is 0. The van der Waals surface area contributed by atoms with Crippen LogP contribution in [0.25, 0.3) is 0 Å². The van der Waals surface area contributed by atoms with E-state index < -0.39 is 0 Å². The van der Waals surface area contributed by atoms with E-state index in [2.05, 4.69) is 48.3 Å². The lowest BCUT2D eigenvalue weighted by Crippen LogP contribution is -2.39. The Balaban J connectivity index is 2.45. The molecule has 0 bridgehead atoms. The Morgan fingerprint density at radius 2 is 2.00 bits per heavy atom. The van der Waals surface area contributed by atoms with Crippen molar-refractivity contribution in [1.82, 2.24) is 10.0 Å². The molecule has 0 aromatic heterocycles. The average Bonchev–Trinajstić information content (AvgIpc) is 2.09. The highest BCUT2D eigenvalue weighted by atomic mass is 15.6. The fraction of sp³-hybridized carbons (Fsp3) is 0.556. The van der Waals surface area contributed by atoms with E-state index in [1.807, 2.05) is 0 Å². The number of hydrazine groups is 1. The van der Waals surface area contributed by atoms with Gasteiger partial charge in [-0.25, -0.2) is 5.01 Å². The van der Waals surface area contributed by atoms with E-state index in [0.717, 1.165) is 19.6 Å². The SMILES string of the molecule is CCN(CC)N1C=CC=CC1. The van der Waals surface area contributed by atoms with Gasteiger partial charge < -0.3 is 5.01 Å². The van der Waals surface area contributed by atoms with Gasteiger partial charge >= 0.3 is 0 Å². The normalized spacial score (nSPS) is 16.5. The van der Waals surface area contributed by atoms with Crippen LogP contribution in [0.4, 0.5) is 0 Å². The Morgan fingerprint density at radius 3 is 2.45 bits per heavy atom. The van der Waals surface area contributed by atoms with E-state index >= 15 is 0 Å². The van der Waals surface area contributed by atoms with E-state index in [-0.39, 0.29) is 0 Å². The number of allylic oxidation sites excluding steroid dienone is 2. The fourth-order valence-corrected chi connectivity index (χ4v) is 1.25. The molecule has 1 aliphatic rings. The molecule has 0 aromatic rings. The predicted octanol–water partition coefficient (Wildman–Crippen LogP) is 1.63. The Hall–Kier alpha value is -0.760. The first kappa shape index (κ1) is 8.34. The van der Waals surface area contributed by atoms with Gasteiger partial charge in [0.15, 0.2) is 0 Å². The molecule has 0 spiro atoms. The molecule has 0 fully saturated rings. The first-order chi connectivity index (χ1) is 5.38. The summed E-state index contributed by atoms with van der Waals surface area (Å²) in [6.45, 7) is 7.52. The van der Waals surface area contributed by atoms with E-state index in [1.54, 1.807) is 0 Å². The maximum Gasteiger partial charge on any atom is 0.0524 e.